The number of nitrogens with zero attached hydrogens (tertiary/aromatic N) is 1. The molecule has 1 heterocycles. The summed E-state index contributed by atoms with van der Waals surface area (Å²) in [5.74, 6) is -0.145. The minimum Gasteiger partial charge on any atom is -0.508 e. The summed E-state index contributed by atoms with van der Waals surface area (Å²) in [6, 6.07) is 9.82. The first-order chi connectivity index (χ1) is 9.70. The van der Waals surface area contributed by atoms with E-state index in [1.54, 1.807) is 36.7 Å². The Hall–Kier alpha value is -2.56. The number of carbonyl (C=O) groups is 1. The third-order valence-corrected chi connectivity index (χ3v) is 2.85. The predicted molar refractivity (Wildman–Crippen MR) is 72.6 cm³/mol. The first kappa shape index (κ1) is 13.9. The van der Waals surface area contributed by atoms with Gasteiger partial charge in [-0.25, -0.2) is 0 Å². The van der Waals surface area contributed by atoms with E-state index >= 15 is 0 Å². The van der Waals surface area contributed by atoms with Crippen molar-refractivity contribution in [1.29, 1.82) is 0 Å². The van der Waals surface area contributed by atoms with Crippen LogP contribution in [0.1, 0.15) is 11.5 Å². The van der Waals surface area contributed by atoms with Crippen LogP contribution in [0.15, 0.2) is 48.8 Å². The molecule has 0 saturated carbocycles. The van der Waals surface area contributed by atoms with Gasteiger partial charge in [0.25, 0.3) is 0 Å². The van der Waals surface area contributed by atoms with Crippen molar-refractivity contribution in [1.82, 2.24) is 4.98 Å². The topological polar surface area (TPSA) is 68.7 Å². The number of carbonyl (C=O) groups excluding carboxylic acids is 1. The minimum absolute atomic E-state index is 0.154. The first-order valence-corrected chi connectivity index (χ1v) is 6.10. The van der Waals surface area contributed by atoms with Crippen molar-refractivity contribution in [2.75, 3.05) is 13.7 Å². The van der Waals surface area contributed by atoms with E-state index in [1.165, 1.54) is 19.2 Å². The number of benzene rings is 1. The Morgan fingerprint density at radius 2 is 1.85 bits per heavy atom. The Balaban J connectivity index is 2.09. The molecule has 20 heavy (non-hydrogen) atoms. The third kappa shape index (κ3) is 3.47. The molecule has 0 aliphatic carbocycles. The summed E-state index contributed by atoms with van der Waals surface area (Å²) in [7, 11) is 1.34. The van der Waals surface area contributed by atoms with Crippen molar-refractivity contribution in [2.45, 2.75) is 5.92 Å². The zero-order valence-corrected chi connectivity index (χ0v) is 11.0. The molecule has 2 aromatic rings. The number of esters is 1. The third-order valence-electron chi connectivity index (χ3n) is 2.85. The lowest BCUT2D eigenvalue weighted by Crippen LogP contribution is -2.21. The Labute approximate surface area is 116 Å². The molecule has 2 rings (SSSR count). The van der Waals surface area contributed by atoms with Gasteiger partial charge < -0.3 is 14.6 Å². The van der Waals surface area contributed by atoms with Crippen LogP contribution in [-0.4, -0.2) is 29.8 Å². The minimum atomic E-state index is -0.517. The smallest absolute Gasteiger partial charge is 0.316 e. The molecule has 1 aromatic heterocycles. The van der Waals surface area contributed by atoms with E-state index in [0.29, 0.717) is 5.75 Å². The predicted octanol–water partition coefficient (Wildman–Crippen LogP) is 2.12. The van der Waals surface area contributed by atoms with E-state index in [2.05, 4.69) is 4.98 Å². The average Bonchev–Trinajstić information content (AvgIpc) is 2.50. The molecule has 1 atom stereocenters. The molecular formula is C15H15NO4. The lowest BCUT2D eigenvalue weighted by molar-refractivity contribution is -0.143. The summed E-state index contributed by atoms with van der Waals surface area (Å²) in [6.45, 7) is 0.154. The van der Waals surface area contributed by atoms with Crippen molar-refractivity contribution in [3.63, 3.8) is 0 Å². The van der Waals surface area contributed by atoms with Gasteiger partial charge in [-0.1, -0.05) is 0 Å². The van der Waals surface area contributed by atoms with Crippen molar-refractivity contribution < 1.29 is 19.4 Å². The molecule has 0 bridgehead atoms. The highest BCUT2D eigenvalue weighted by molar-refractivity contribution is 5.78. The van der Waals surface area contributed by atoms with Crippen LogP contribution >= 0.6 is 0 Å². The summed E-state index contributed by atoms with van der Waals surface area (Å²) in [6.07, 6.45) is 3.23. The highest BCUT2D eigenvalue weighted by atomic mass is 16.5. The number of pyridine rings is 1. The molecule has 0 saturated heterocycles. The lowest BCUT2D eigenvalue weighted by atomic mass is 10.0. The highest BCUT2D eigenvalue weighted by Crippen LogP contribution is 2.21. The van der Waals surface area contributed by atoms with Gasteiger partial charge in [0, 0.05) is 12.4 Å². The molecule has 1 aromatic carbocycles. The maximum Gasteiger partial charge on any atom is 0.316 e. The molecular weight excluding hydrogens is 258 g/mol. The second-order valence-corrected chi connectivity index (χ2v) is 4.16. The summed E-state index contributed by atoms with van der Waals surface area (Å²) in [5, 5.41) is 9.20. The normalized spacial score (nSPS) is 11.7. The van der Waals surface area contributed by atoms with Gasteiger partial charge in [-0.3, -0.25) is 9.78 Å². The SMILES string of the molecule is COC(=O)C(COc1ccc(O)cc1)c1ccncc1. The number of phenolic OH excluding ortho intramolecular Hbond substituents is 1. The summed E-state index contributed by atoms with van der Waals surface area (Å²) >= 11 is 0. The van der Waals surface area contributed by atoms with Gasteiger partial charge in [0.15, 0.2) is 0 Å². The van der Waals surface area contributed by atoms with E-state index in [4.69, 9.17) is 9.47 Å². The summed E-state index contributed by atoms with van der Waals surface area (Å²) < 4.78 is 10.4. The molecule has 5 heteroatoms. The quantitative estimate of drug-likeness (QED) is 0.845. The van der Waals surface area contributed by atoms with Crippen LogP contribution in [0.4, 0.5) is 0 Å². The van der Waals surface area contributed by atoms with Crippen LogP contribution in [0.5, 0.6) is 11.5 Å². The van der Waals surface area contributed by atoms with Crippen LogP contribution in [0.2, 0.25) is 0 Å². The van der Waals surface area contributed by atoms with Gasteiger partial charge in [-0.15, -0.1) is 0 Å². The van der Waals surface area contributed by atoms with Crippen LogP contribution < -0.4 is 4.74 Å². The summed E-state index contributed by atoms with van der Waals surface area (Å²) in [4.78, 5) is 15.7. The molecule has 0 aliphatic rings. The highest BCUT2D eigenvalue weighted by Gasteiger charge is 2.22. The maximum atomic E-state index is 11.8. The first-order valence-electron chi connectivity index (χ1n) is 6.10. The monoisotopic (exact) mass is 273 g/mol. The fourth-order valence-corrected chi connectivity index (χ4v) is 1.76. The number of ether oxygens (including phenoxy) is 2. The van der Waals surface area contributed by atoms with E-state index in [9.17, 15) is 9.90 Å². The molecule has 1 unspecified atom stereocenters. The average molecular weight is 273 g/mol. The molecule has 0 aliphatic heterocycles. The Morgan fingerprint density at radius 1 is 1.20 bits per heavy atom. The van der Waals surface area contributed by atoms with E-state index < -0.39 is 5.92 Å². The zero-order valence-electron chi connectivity index (χ0n) is 11.0. The molecule has 104 valence electrons. The zero-order chi connectivity index (χ0) is 14.4. The second kappa shape index (κ2) is 6.56. The fraction of sp³-hybridized carbons (Fsp3) is 0.200. The maximum absolute atomic E-state index is 11.8. The van der Waals surface area contributed by atoms with Crippen molar-refractivity contribution in [3.05, 3.63) is 54.4 Å². The summed E-state index contributed by atoms with van der Waals surface area (Å²) in [5.41, 5.74) is 0.783. The molecule has 0 fully saturated rings. The van der Waals surface area contributed by atoms with E-state index in [0.717, 1.165) is 5.56 Å². The second-order valence-electron chi connectivity index (χ2n) is 4.16. The fourth-order valence-electron chi connectivity index (χ4n) is 1.76. The van der Waals surface area contributed by atoms with E-state index in [1.807, 2.05) is 0 Å². The number of aromatic hydroxyl groups is 1. The number of hydrogen-bond donors (Lipinski definition) is 1. The van der Waals surface area contributed by atoms with Crippen molar-refractivity contribution >= 4 is 5.97 Å². The van der Waals surface area contributed by atoms with Crippen molar-refractivity contribution in [3.8, 4) is 11.5 Å². The Kier molecular flexibility index (Phi) is 4.55. The Bertz CT molecular complexity index is 554. The van der Waals surface area contributed by atoms with Crippen molar-refractivity contribution in [2.24, 2.45) is 0 Å². The molecule has 0 radical (unpaired) electrons. The number of rotatable bonds is 5. The van der Waals surface area contributed by atoms with Gasteiger partial charge in [0.1, 0.15) is 24.0 Å². The number of methoxy groups -OCH3 is 1. The van der Waals surface area contributed by atoms with Gasteiger partial charge in [-0.2, -0.15) is 0 Å². The standard InChI is InChI=1S/C15H15NO4/c1-19-15(18)14(11-6-8-16-9-7-11)10-20-13-4-2-12(17)3-5-13/h2-9,14,17H,10H2,1H3. The molecule has 1 N–H and O–H groups in total. The van der Waals surface area contributed by atoms with Crippen LogP contribution in [-0.2, 0) is 9.53 Å². The van der Waals surface area contributed by atoms with Gasteiger partial charge in [0.2, 0.25) is 0 Å². The van der Waals surface area contributed by atoms with Gasteiger partial charge >= 0.3 is 5.97 Å². The Morgan fingerprint density at radius 3 is 2.45 bits per heavy atom. The van der Waals surface area contributed by atoms with E-state index in [-0.39, 0.29) is 18.3 Å². The molecule has 5 nitrogen and oxygen atoms in total. The molecule has 0 spiro atoms. The van der Waals surface area contributed by atoms with Gasteiger partial charge in [-0.05, 0) is 42.0 Å². The molecule has 0 amide bonds. The van der Waals surface area contributed by atoms with Crippen LogP contribution in [0.25, 0.3) is 0 Å². The van der Waals surface area contributed by atoms with Gasteiger partial charge in [0.05, 0.1) is 7.11 Å². The number of phenols is 1. The lowest BCUT2D eigenvalue weighted by Gasteiger charge is -2.15. The number of aromatic nitrogens is 1. The number of hydrogen-bond acceptors (Lipinski definition) is 5. The van der Waals surface area contributed by atoms with Crippen LogP contribution in [0.3, 0.4) is 0 Å². The van der Waals surface area contributed by atoms with Crippen LogP contribution in [0, 0.1) is 0 Å². The largest absolute Gasteiger partial charge is 0.508 e.